The van der Waals surface area contributed by atoms with Crippen molar-refractivity contribution in [3.05, 3.63) is 90.8 Å². The zero-order chi connectivity index (χ0) is 18.8. The van der Waals surface area contributed by atoms with Gasteiger partial charge in [0, 0.05) is 10.9 Å². The summed E-state index contributed by atoms with van der Waals surface area (Å²) >= 11 is 0. The van der Waals surface area contributed by atoms with Gasteiger partial charge in [0.2, 0.25) is 0 Å². The molecular weight excluding hydrogens is 331 g/mol. The molecule has 0 radical (unpaired) electrons. The highest BCUT2D eigenvalue weighted by atomic mass is 19.1. The molecule has 0 spiro atoms. The molecule has 0 saturated heterocycles. The van der Waals surface area contributed by atoms with Gasteiger partial charge in [-0.2, -0.15) is 0 Å². The Bertz CT molecular complexity index is 973. The van der Waals surface area contributed by atoms with Gasteiger partial charge >= 0.3 is 0 Å². The van der Waals surface area contributed by atoms with Crippen LogP contribution in [0.5, 0.6) is 0 Å². The maximum Gasteiger partial charge on any atom is 0.138 e. The van der Waals surface area contributed by atoms with E-state index in [4.69, 9.17) is 0 Å². The van der Waals surface area contributed by atoms with Crippen molar-refractivity contribution in [2.75, 3.05) is 0 Å². The van der Waals surface area contributed by atoms with E-state index in [2.05, 4.69) is 49.6 Å². The summed E-state index contributed by atoms with van der Waals surface area (Å²) in [6.45, 7) is 7.61. The number of allylic oxidation sites excluding steroid dienone is 1. The maximum atomic E-state index is 14.4. The van der Waals surface area contributed by atoms with Crippen LogP contribution in [-0.4, -0.2) is 0 Å². The lowest BCUT2D eigenvalue weighted by molar-refractivity contribution is 0.376. The fraction of sp³-hybridized carbons (Fsp3) is 0.231. The van der Waals surface area contributed by atoms with Gasteiger partial charge in [0.1, 0.15) is 5.82 Å². The number of fused-ring (bicyclic) bond motifs is 1. The second kappa shape index (κ2) is 7.52. The molecular formula is C26H25F. The summed E-state index contributed by atoms with van der Waals surface area (Å²) in [6.07, 6.45) is 8.66. The van der Waals surface area contributed by atoms with Gasteiger partial charge in [-0.15, -0.1) is 6.58 Å². The third-order valence-electron chi connectivity index (χ3n) is 6.02. The molecule has 1 aliphatic rings. The van der Waals surface area contributed by atoms with E-state index in [9.17, 15) is 4.39 Å². The largest absolute Gasteiger partial charge is 0.206 e. The van der Waals surface area contributed by atoms with E-state index in [-0.39, 0.29) is 5.82 Å². The maximum absolute atomic E-state index is 14.4. The minimum absolute atomic E-state index is 0.195. The molecule has 3 aromatic carbocycles. The third-order valence-corrected chi connectivity index (χ3v) is 6.02. The van der Waals surface area contributed by atoms with Crippen LogP contribution < -0.4 is 0 Å². The molecule has 0 N–H and O–H groups in total. The van der Waals surface area contributed by atoms with E-state index in [1.807, 2.05) is 18.2 Å². The molecule has 0 unspecified atom stereocenters. The molecule has 0 bridgehead atoms. The van der Waals surface area contributed by atoms with Crippen LogP contribution in [0.4, 0.5) is 4.39 Å². The first kappa shape index (κ1) is 17.7. The Balaban J connectivity index is 1.58. The second-order valence-electron chi connectivity index (χ2n) is 7.58. The zero-order valence-electron chi connectivity index (χ0n) is 15.6. The summed E-state index contributed by atoms with van der Waals surface area (Å²) in [5.74, 6) is 1.16. The van der Waals surface area contributed by atoms with Crippen molar-refractivity contribution in [2.45, 2.75) is 31.6 Å². The molecule has 27 heavy (non-hydrogen) atoms. The first-order chi connectivity index (χ1) is 13.2. The summed E-state index contributed by atoms with van der Waals surface area (Å²) in [6, 6.07) is 18.6. The molecule has 0 aromatic heterocycles. The lowest BCUT2D eigenvalue weighted by Crippen LogP contribution is -2.11. The highest BCUT2D eigenvalue weighted by Crippen LogP contribution is 2.37. The summed E-state index contributed by atoms with van der Waals surface area (Å²) in [5.41, 5.74) is 4.28. The van der Waals surface area contributed by atoms with Crippen LogP contribution in [0.1, 0.15) is 42.7 Å². The van der Waals surface area contributed by atoms with Gasteiger partial charge < -0.3 is 0 Å². The molecule has 0 atom stereocenters. The molecule has 1 heteroatoms. The molecule has 0 aliphatic heterocycles. The summed E-state index contributed by atoms with van der Waals surface area (Å²) < 4.78 is 14.4. The van der Waals surface area contributed by atoms with E-state index in [1.165, 1.54) is 36.8 Å². The average molecular weight is 356 g/mol. The number of benzene rings is 3. The molecule has 3 aromatic rings. The van der Waals surface area contributed by atoms with Crippen LogP contribution in [0.15, 0.2) is 73.8 Å². The average Bonchev–Trinajstić information content (AvgIpc) is 2.74. The van der Waals surface area contributed by atoms with E-state index in [0.717, 1.165) is 10.9 Å². The van der Waals surface area contributed by atoms with Crippen molar-refractivity contribution >= 4 is 16.8 Å². The van der Waals surface area contributed by atoms with Gasteiger partial charge in [0.05, 0.1) is 0 Å². The minimum Gasteiger partial charge on any atom is -0.206 e. The van der Waals surface area contributed by atoms with Crippen LogP contribution in [0, 0.1) is 11.7 Å². The van der Waals surface area contributed by atoms with Crippen molar-refractivity contribution < 1.29 is 4.39 Å². The van der Waals surface area contributed by atoms with Crippen LogP contribution in [-0.2, 0) is 0 Å². The Morgan fingerprint density at radius 3 is 2.19 bits per heavy atom. The van der Waals surface area contributed by atoms with E-state index in [1.54, 1.807) is 12.1 Å². The highest BCUT2D eigenvalue weighted by Gasteiger charge is 2.20. The summed E-state index contributed by atoms with van der Waals surface area (Å²) in [7, 11) is 0. The number of hydrogen-bond donors (Lipinski definition) is 0. The standard InChI is InChI=1S/C26H25F/c1-3-18-5-7-20(8-6-18)21-10-12-22(13-11-21)23-15-16-25-24(17-23)14-9-19(4-2)26(25)27/h3-4,9-18,20H,1-2,5-8H2. The first-order valence-electron chi connectivity index (χ1n) is 9.77. The monoisotopic (exact) mass is 356 g/mol. The van der Waals surface area contributed by atoms with Crippen LogP contribution in [0.2, 0.25) is 0 Å². The van der Waals surface area contributed by atoms with Gasteiger partial charge in [-0.05, 0) is 65.7 Å². The molecule has 0 nitrogen and oxygen atoms in total. The fourth-order valence-corrected chi connectivity index (χ4v) is 4.28. The smallest absolute Gasteiger partial charge is 0.138 e. The van der Waals surface area contributed by atoms with Gasteiger partial charge in [-0.1, -0.05) is 67.3 Å². The Morgan fingerprint density at radius 2 is 1.52 bits per heavy atom. The van der Waals surface area contributed by atoms with Crippen molar-refractivity contribution in [2.24, 2.45) is 5.92 Å². The number of halogens is 1. The minimum atomic E-state index is -0.195. The fourth-order valence-electron chi connectivity index (χ4n) is 4.28. The quantitative estimate of drug-likeness (QED) is 0.419. The van der Waals surface area contributed by atoms with Crippen molar-refractivity contribution in [3.8, 4) is 11.1 Å². The first-order valence-corrected chi connectivity index (χ1v) is 9.77. The van der Waals surface area contributed by atoms with E-state index in [0.29, 0.717) is 22.8 Å². The Morgan fingerprint density at radius 1 is 0.815 bits per heavy atom. The lowest BCUT2D eigenvalue weighted by atomic mass is 9.78. The molecule has 1 fully saturated rings. The summed E-state index contributed by atoms with van der Waals surface area (Å²) in [5, 5.41) is 1.56. The molecule has 136 valence electrons. The van der Waals surface area contributed by atoms with Gasteiger partial charge in [0.15, 0.2) is 0 Å². The number of rotatable bonds is 4. The van der Waals surface area contributed by atoms with Crippen LogP contribution in [0.25, 0.3) is 28.0 Å². The second-order valence-corrected chi connectivity index (χ2v) is 7.58. The highest BCUT2D eigenvalue weighted by molar-refractivity contribution is 5.89. The molecule has 1 aliphatic carbocycles. The lowest BCUT2D eigenvalue weighted by Gasteiger charge is -2.27. The summed E-state index contributed by atoms with van der Waals surface area (Å²) in [4.78, 5) is 0. The normalized spacial score (nSPS) is 19.7. The van der Waals surface area contributed by atoms with E-state index < -0.39 is 0 Å². The van der Waals surface area contributed by atoms with Crippen LogP contribution >= 0.6 is 0 Å². The zero-order valence-corrected chi connectivity index (χ0v) is 15.6. The predicted octanol–water partition coefficient (Wildman–Crippen LogP) is 7.75. The van der Waals surface area contributed by atoms with Crippen LogP contribution in [0.3, 0.4) is 0 Å². The molecule has 1 saturated carbocycles. The van der Waals surface area contributed by atoms with Crippen molar-refractivity contribution in [1.29, 1.82) is 0 Å². The Hall–Kier alpha value is -2.67. The van der Waals surface area contributed by atoms with E-state index >= 15 is 0 Å². The van der Waals surface area contributed by atoms with Gasteiger partial charge in [-0.25, -0.2) is 4.39 Å². The Kier molecular flexibility index (Phi) is 4.94. The molecule has 0 amide bonds. The van der Waals surface area contributed by atoms with Crippen molar-refractivity contribution in [3.63, 3.8) is 0 Å². The van der Waals surface area contributed by atoms with Gasteiger partial charge in [0.25, 0.3) is 0 Å². The predicted molar refractivity (Wildman–Crippen MR) is 114 cm³/mol. The van der Waals surface area contributed by atoms with Gasteiger partial charge in [-0.3, -0.25) is 0 Å². The van der Waals surface area contributed by atoms with Crippen molar-refractivity contribution in [1.82, 2.24) is 0 Å². The molecule has 0 heterocycles. The SMILES string of the molecule is C=Cc1ccc2cc(-c3ccc(C4CCC(C=C)CC4)cc3)ccc2c1F. The third kappa shape index (κ3) is 3.47. The Labute approximate surface area is 161 Å². The number of hydrogen-bond acceptors (Lipinski definition) is 0. The molecule has 4 rings (SSSR count). The topological polar surface area (TPSA) is 0 Å².